The summed E-state index contributed by atoms with van der Waals surface area (Å²) in [7, 11) is 0. The van der Waals surface area contributed by atoms with E-state index in [1.54, 1.807) is 0 Å². The Kier molecular flexibility index (Phi) is 27.7. The van der Waals surface area contributed by atoms with Crippen LogP contribution in [0.2, 0.25) is 0 Å². The van der Waals surface area contributed by atoms with Crippen LogP contribution in [-0.2, 0) is 85.4 Å². The van der Waals surface area contributed by atoms with Crippen molar-refractivity contribution < 1.29 is 193 Å². The summed E-state index contributed by atoms with van der Waals surface area (Å²) >= 11 is 0. The van der Waals surface area contributed by atoms with Crippen LogP contribution in [0.3, 0.4) is 0 Å². The summed E-state index contributed by atoms with van der Waals surface area (Å²) in [5.74, 6) is -2.62. The molecule has 0 unspecified atom stereocenters. The van der Waals surface area contributed by atoms with Crippen molar-refractivity contribution in [1.29, 1.82) is 0 Å². The predicted molar refractivity (Wildman–Crippen MR) is 296 cm³/mol. The lowest BCUT2D eigenvalue weighted by atomic mass is 9.93. The van der Waals surface area contributed by atoms with E-state index in [2.05, 4.69) is 16.0 Å². The molecule has 8 saturated heterocycles. The molecule has 0 bridgehead atoms. The summed E-state index contributed by atoms with van der Waals surface area (Å²) in [6.07, 6.45) is -71.9. The number of hydrogen-bond donors (Lipinski definition) is 24. The van der Waals surface area contributed by atoms with Crippen molar-refractivity contribution in [1.82, 2.24) is 16.0 Å². The van der Waals surface area contributed by atoms with Gasteiger partial charge in [0.05, 0.1) is 51.8 Å². The minimum Gasteiger partial charge on any atom is -0.394 e. The maximum atomic E-state index is 13.2. The number of carbonyl (C=O) groups is 3. The Balaban J connectivity index is 1.07. The second-order valence-electron chi connectivity index (χ2n) is 24.6. The minimum absolute atomic E-state index is 0.769. The molecular weight excluding hydrogens is 1310 g/mol. The molecule has 0 spiro atoms. The molecule has 0 saturated carbocycles. The summed E-state index contributed by atoms with van der Waals surface area (Å²) in [5.41, 5.74) is 0. The lowest BCUT2D eigenvalue weighted by Crippen LogP contribution is -2.71. The lowest BCUT2D eigenvalue weighted by molar-refractivity contribution is -0.401. The van der Waals surface area contributed by atoms with E-state index in [0.29, 0.717) is 0 Å². The second kappa shape index (κ2) is 33.8. The molecule has 24 N–H and O–H groups in total. The molecule has 8 aliphatic rings. The van der Waals surface area contributed by atoms with Crippen LogP contribution in [0.1, 0.15) is 34.6 Å². The van der Waals surface area contributed by atoms with Gasteiger partial charge in [0.15, 0.2) is 50.3 Å². The molecular formula is C54H91N3O39. The fourth-order valence-electron chi connectivity index (χ4n) is 12.5. The molecule has 3 amide bonds. The highest BCUT2D eigenvalue weighted by molar-refractivity contribution is 5.74. The first-order valence-corrected chi connectivity index (χ1v) is 30.8. The topological polar surface area (TPSA) is 651 Å². The third-order valence-corrected chi connectivity index (χ3v) is 17.8. The van der Waals surface area contributed by atoms with Gasteiger partial charge in [-0.15, -0.1) is 0 Å². The van der Waals surface area contributed by atoms with Crippen molar-refractivity contribution in [3.05, 3.63) is 0 Å². The van der Waals surface area contributed by atoms with E-state index < -0.39 is 303 Å². The van der Waals surface area contributed by atoms with E-state index in [1.165, 1.54) is 13.8 Å². The molecule has 42 heteroatoms. The van der Waals surface area contributed by atoms with E-state index in [-0.39, 0.29) is 0 Å². The number of carbonyl (C=O) groups excluding carboxylic acids is 3. The Morgan fingerprint density at radius 3 is 1.19 bits per heavy atom. The Morgan fingerprint density at radius 1 is 0.292 bits per heavy atom. The molecule has 8 heterocycles. The Morgan fingerprint density at radius 2 is 0.646 bits per heavy atom. The number of aliphatic hydroxyl groups is 21. The highest BCUT2D eigenvalue weighted by Gasteiger charge is 2.60. The van der Waals surface area contributed by atoms with Crippen molar-refractivity contribution in [3.8, 4) is 0 Å². The van der Waals surface area contributed by atoms with Gasteiger partial charge in [-0.25, -0.2) is 0 Å². The molecule has 0 aromatic carbocycles. The number of hydrogen-bond acceptors (Lipinski definition) is 39. The SMILES string of the molecule is CC(=O)N[C@@H]1[C@@H](O)[C@H](O[C@@H]2O[C@H](CO)[C@@H](O[C@@H]3O[C@H](CO)[C@@H](O)[C@H](O[C@H]4O[C@H](CO)[C@@H](O)[C@H](O)[C@@H]4O[C@@H]4O[C@H](CO)[C@@H](O[C@@H]5O[C@H](CO)[C@H](O)[C@H](O)[C@H]5O)[C@H](O[C@@H]5O[C@@H](C)[C@@H](O)[C@@H](O)[C@@H]5O)[C@H]4NC(C)=O)[C@@H]3O)[C@H](O)[C@H]2NC(C)=O)[C@@H](CO[C@@H]2O[C@@H](C)[C@@H](O)[C@@H](O)[C@@H]2O)O[C@H]1O. The summed E-state index contributed by atoms with van der Waals surface area (Å²) in [6.45, 7) is -0.626. The molecule has 0 aromatic heterocycles. The third-order valence-electron chi connectivity index (χ3n) is 17.8. The van der Waals surface area contributed by atoms with Gasteiger partial charge in [0.25, 0.3) is 0 Å². The van der Waals surface area contributed by atoms with Gasteiger partial charge >= 0.3 is 0 Å². The van der Waals surface area contributed by atoms with Gasteiger partial charge in [0.1, 0.15) is 183 Å². The average molecular weight is 1410 g/mol. The van der Waals surface area contributed by atoms with Crippen LogP contribution in [0.4, 0.5) is 0 Å². The van der Waals surface area contributed by atoms with Crippen LogP contribution < -0.4 is 16.0 Å². The number of amides is 3. The highest BCUT2D eigenvalue weighted by atomic mass is 16.8. The molecule has 0 radical (unpaired) electrons. The van der Waals surface area contributed by atoms with Gasteiger partial charge in [-0.1, -0.05) is 0 Å². The molecule has 40 atom stereocenters. The largest absolute Gasteiger partial charge is 0.394 e. The Hall–Kier alpha value is -3.03. The molecule has 8 fully saturated rings. The van der Waals surface area contributed by atoms with Gasteiger partial charge in [0.2, 0.25) is 17.7 Å². The van der Waals surface area contributed by atoms with E-state index in [1.807, 2.05) is 0 Å². The standard InChI is InChI=1S/C54H91N3O39/c1-12-26(66)33(73)37(77)50(83-12)82-11-22-42(31(71)23(47(81)85-22)55-14(3)63)91-48-24(56-15(4)64)32(72)41(20(9-61)89-48)92-53-40(80)45(30(70)19(8-60)87-53)95-54-46(36(76)29(69)18(7-59)88-54)96-49-25(57-16(5)65)44(94-51-38(78)34(74)27(67)13(2)84-51)43(21(10-62)90-49)93-52-39(79)35(75)28(68)17(6-58)86-52/h12-13,17-54,58-62,66-81H,6-11H2,1-5H3,(H,55,63)(H,56,64)(H,57,65)/t12-,13-,17+,18+,19+,20+,21+,22+,23+,24+,25+,26+,27+,28-,29+,30+,31+,32+,33+,34+,35-,36-,37-,38-,39+,40-,41+,42+,43+,44+,45-,46-,47+,48-,49-,50+,51-,52-,53-,54+/m0/s1. The maximum absolute atomic E-state index is 13.2. The normalized spacial score (nSPS) is 50.3. The molecule has 8 aliphatic heterocycles. The van der Waals surface area contributed by atoms with Crippen LogP contribution in [0.5, 0.6) is 0 Å². The fourth-order valence-corrected chi connectivity index (χ4v) is 12.5. The van der Waals surface area contributed by atoms with E-state index >= 15 is 0 Å². The summed E-state index contributed by atoms with van der Waals surface area (Å²) in [6, 6.07) is -5.45. The van der Waals surface area contributed by atoms with Gasteiger partial charge in [-0.2, -0.15) is 0 Å². The number of nitrogens with one attached hydrogen (secondary N) is 3. The number of ether oxygens (including phenoxy) is 15. The minimum atomic E-state index is -2.39. The first kappa shape index (κ1) is 78.7. The Bertz CT molecular complexity index is 2470. The molecule has 556 valence electrons. The van der Waals surface area contributed by atoms with E-state index in [9.17, 15) is 122 Å². The zero-order valence-electron chi connectivity index (χ0n) is 52.1. The third kappa shape index (κ3) is 17.0. The fraction of sp³-hybridized carbons (Fsp3) is 0.944. The monoisotopic (exact) mass is 1410 g/mol. The van der Waals surface area contributed by atoms with Gasteiger partial charge in [-0.3, -0.25) is 14.4 Å². The van der Waals surface area contributed by atoms with Crippen LogP contribution >= 0.6 is 0 Å². The Labute approximate surface area is 545 Å². The van der Waals surface area contributed by atoms with Crippen LogP contribution in [0.15, 0.2) is 0 Å². The summed E-state index contributed by atoms with van der Waals surface area (Å²) < 4.78 is 88.7. The van der Waals surface area contributed by atoms with Crippen molar-refractivity contribution in [2.75, 3.05) is 39.6 Å². The van der Waals surface area contributed by atoms with Crippen molar-refractivity contribution in [2.24, 2.45) is 0 Å². The van der Waals surface area contributed by atoms with Crippen molar-refractivity contribution in [3.63, 3.8) is 0 Å². The quantitative estimate of drug-likeness (QED) is 0.0452. The highest BCUT2D eigenvalue weighted by Crippen LogP contribution is 2.39. The van der Waals surface area contributed by atoms with E-state index in [4.69, 9.17) is 71.1 Å². The van der Waals surface area contributed by atoms with Crippen LogP contribution in [0, 0.1) is 0 Å². The molecule has 42 nitrogen and oxygen atoms in total. The van der Waals surface area contributed by atoms with Crippen molar-refractivity contribution >= 4 is 17.7 Å². The van der Waals surface area contributed by atoms with Crippen molar-refractivity contribution in [2.45, 2.75) is 280 Å². The summed E-state index contributed by atoms with van der Waals surface area (Å²) in [5, 5.41) is 238. The molecule has 8 rings (SSSR count). The first-order valence-electron chi connectivity index (χ1n) is 30.8. The van der Waals surface area contributed by atoms with Crippen LogP contribution in [-0.4, -0.2) is 410 Å². The molecule has 0 aromatic rings. The second-order valence-corrected chi connectivity index (χ2v) is 24.6. The average Bonchev–Trinajstić information content (AvgIpc) is 0.769. The van der Waals surface area contributed by atoms with Gasteiger partial charge in [0, 0.05) is 20.8 Å². The zero-order valence-corrected chi connectivity index (χ0v) is 52.1. The smallest absolute Gasteiger partial charge is 0.217 e. The maximum Gasteiger partial charge on any atom is 0.217 e. The number of rotatable bonds is 23. The van der Waals surface area contributed by atoms with Gasteiger partial charge in [-0.05, 0) is 13.8 Å². The molecule has 96 heavy (non-hydrogen) atoms. The predicted octanol–water partition coefficient (Wildman–Crippen LogP) is -16.0. The molecule has 0 aliphatic carbocycles. The first-order chi connectivity index (χ1) is 45.3. The van der Waals surface area contributed by atoms with Gasteiger partial charge < -0.3 is 194 Å². The lowest BCUT2D eigenvalue weighted by Gasteiger charge is -2.52. The zero-order chi connectivity index (χ0) is 70.8. The van der Waals surface area contributed by atoms with E-state index in [0.717, 1.165) is 20.8 Å². The summed E-state index contributed by atoms with van der Waals surface area (Å²) in [4.78, 5) is 38.4. The number of aliphatic hydroxyl groups excluding tert-OH is 21. The van der Waals surface area contributed by atoms with Crippen LogP contribution in [0.25, 0.3) is 0 Å².